The van der Waals surface area contributed by atoms with Gasteiger partial charge in [-0.05, 0) is 28.2 Å². The average Bonchev–Trinajstić information content (AvgIpc) is 3.05. The second-order valence-electron chi connectivity index (χ2n) is 10.3. The van der Waals surface area contributed by atoms with Crippen LogP contribution in [0.2, 0.25) is 22.2 Å². The van der Waals surface area contributed by atoms with Gasteiger partial charge in [-0.15, -0.1) is 0 Å². The maximum atomic E-state index is 14.5. The summed E-state index contributed by atoms with van der Waals surface area (Å²) in [6.07, 6.45) is -1.19. The van der Waals surface area contributed by atoms with Crippen molar-refractivity contribution in [2.75, 3.05) is 6.61 Å². The summed E-state index contributed by atoms with van der Waals surface area (Å²) in [5.41, 5.74) is 0.736. The first kappa shape index (κ1) is 25.9. The maximum Gasteiger partial charge on any atom is 0.335 e. The van der Waals surface area contributed by atoms with Gasteiger partial charge in [0.25, 0.3) is 0 Å². The van der Waals surface area contributed by atoms with Crippen LogP contribution in [0.1, 0.15) is 73.5 Å². The van der Waals surface area contributed by atoms with Gasteiger partial charge in [-0.3, -0.25) is 0 Å². The Morgan fingerprint density at radius 3 is 1.81 bits per heavy atom. The Morgan fingerprint density at radius 1 is 0.750 bits per heavy atom. The van der Waals surface area contributed by atoms with Gasteiger partial charge >= 0.3 is 17.1 Å². The first-order valence-corrected chi connectivity index (χ1v) is 15.6. The predicted molar refractivity (Wildman–Crippen MR) is 122 cm³/mol. The Bertz CT molecular complexity index is 803. The summed E-state index contributed by atoms with van der Waals surface area (Å²) < 4.78 is 68.6. The van der Waals surface area contributed by atoms with E-state index >= 15 is 0 Å². The molecule has 0 N–H and O–H groups in total. The van der Waals surface area contributed by atoms with Crippen molar-refractivity contribution in [3.63, 3.8) is 0 Å². The molecule has 3 atom stereocenters. The first-order chi connectivity index (χ1) is 14.8. The second kappa shape index (κ2) is 9.50. The zero-order valence-corrected chi connectivity index (χ0v) is 22.4. The van der Waals surface area contributed by atoms with E-state index in [1.54, 1.807) is 0 Å². The van der Waals surface area contributed by atoms with E-state index < -0.39 is 46.8 Å². The summed E-state index contributed by atoms with van der Waals surface area (Å²) in [4.78, 5) is 0. The molecule has 1 unspecified atom stereocenters. The van der Waals surface area contributed by atoms with Crippen LogP contribution in [-0.4, -0.2) is 35.9 Å². The van der Waals surface area contributed by atoms with Crippen LogP contribution in [0.3, 0.4) is 0 Å². The number of fused-ring (bicyclic) bond motifs is 1. The van der Waals surface area contributed by atoms with Crippen molar-refractivity contribution in [1.82, 2.24) is 0 Å². The van der Waals surface area contributed by atoms with E-state index in [1.807, 2.05) is 0 Å². The van der Waals surface area contributed by atoms with Gasteiger partial charge in [-0.1, -0.05) is 55.4 Å². The standard InChI is InChI=1S/C23H37F3O4Si2/c1-13(2)31(14(3)4)27-12-23-22(29-32(30-31,15(5)6)16(7)8)11-21(28-23)17-9-19(25)20(26)10-18(17)24/h9-10,13-16,21-23H,11-12H2,1-8H3/t21?,22-,23+/m0/s1. The highest BCUT2D eigenvalue weighted by molar-refractivity contribution is 6.83. The molecule has 2 saturated heterocycles. The second-order valence-corrected chi connectivity index (χ2v) is 19.2. The van der Waals surface area contributed by atoms with Crippen molar-refractivity contribution in [3.05, 3.63) is 35.1 Å². The van der Waals surface area contributed by atoms with Gasteiger partial charge in [0.2, 0.25) is 0 Å². The smallest absolute Gasteiger partial charge is 0.335 e. The van der Waals surface area contributed by atoms with Crippen molar-refractivity contribution in [2.24, 2.45) is 0 Å². The predicted octanol–water partition coefficient (Wildman–Crippen LogP) is 6.89. The molecule has 2 aliphatic rings. The lowest BCUT2D eigenvalue weighted by atomic mass is 10.0. The Balaban J connectivity index is 2.02. The molecule has 9 heteroatoms. The van der Waals surface area contributed by atoms with Gasteiger partial charge in [0.05, 0.1) is 18.8 Å². The molecule has 0 saturated carbocycles. The van der Waals surface area contributed by atoms with Crippen molar-refractivity contribution < 1.29 is 30.9 Å². The minimum atomic E-state index is -2.80. The molecule has 4 nitrogen and oxygen atoms in total. The monoisotopic (exact) mass is 490 g/mol. The van der Waals surface area contributed by atoms with Gasteiger partial charge < -0.3 is 17.7 Å². The van der Waals surface area contributed by atoms with Crippen molar-refractivity contribution in [3.8, 4) is 0 Å². The van der Waals surface area contributed by atoms with E-state index in [4.69, 9.17) is 17.7 Å². The Kier molecular flexibility index (Phi) is 7.69. The third-order valence-corrected chi connectivity index (χ3v) is 17.2. The highest BCUT2D eigenvalue weighted by atomic mass is 28.5. The van der Waals surface area contributed by atoms with Crippen LogP contribution < -0.4 is 0 Å². The highest BCUT2D eigenvalue weighted by Crippen LogP contribution is 2.49. The van der Waals surface area contributed by atoms with Crippen LogP contribution in [0.4, 0.5) is 13.2 Å². The average molecular weight is 491 g/mol. The van der Waals surface area contributed by atoms with Gasteiger partial charge in [0.15, 0.2) is 11.6 Å². The van der Waals surface area contributed by atoms with Crippen LogP contribution in [-0.2, 0) is 17.7 Å². The van der Waals surface area contributed by atoms with Gasteiger partial charge in [0.1, 0.15) is 11.9 Å². The normalized spacial score (nSPS) is 27.8. The molecule has 1 aromatic rings. The van der Waals surface area contributed by atoms with Crippen LogP contribution >= 0.6 is 0 Å². The first-order valence-electron chi connectivity index (χ1n) is 11.7. The number of rotatable bonds is 5. The number of hydrogen-bond donors (Lipinski definition) is 0. The molecule has 32 heavy (non-hydrogen) atoms. The van der Waals surface area contributed by atoms with E-state index in [0.29, 0.717) is 12.5 Å². The summed E-state index contributed by atoms with van der Waals surface area (Å²) in [6.45, 7) is 17.3. The van der Waals surface area contributed by atoms with Gasteiger partial charge in [0, 0.05) is 18.1 Å². The minimum Gasteiger partial charge on any atom is -0.414 e. The highest BCUT2D eigenvalue weighted by Gasteiger charge is 2.60. The third-order valence-electron chi connectivity index (χ3n) is 6.93. The van der Waals surface area contributed by atoms with Crippen molar-refractivity contribution in [2.45, 2.75) is 102 Å². The Hall–Kier alpha value is -0.716. The SMILES string of the molecule is CC(C)[Si]1(C(C)C)OC[C@H]2OC(c3cc(F)c(F)cc3F)C[C@@H]2O[Si](C(C)C)(C(C)C)O1. The number of hydrogen-bond acceptors (Lipinski definition) is 4. The molecule has 3 rings (SSSR count). The fraction of sp³-hybridized carbons (Fsp3) is 0.739. The minimum absolute atomic E-state index is 0.0118. The number of benzene rings is 1. The molecular formula is C23H37F3O4Si2. The van der Waals surface area contributed by atoms with Crippen molar-refractivity contribution >= 4 is 17.1 Å². The van der Waals surface area contributed by atoms with Crippen LogP contribution in [0.25, 0.3) is 0 Å². The maximum absolute atomic E-state index is 14.5. The summed E-state index contributed by atoms with van der Waals surface area (Å²) in [7, 11) is -5.50. The number of halogens is 3. The van der Waals surface area contributed by atoms with E-state index in [-0.39, 0.29) is 40.4 Å². The summed E-state index contributed by atoms with van der Waals surface area (Å²) in [5.74, 6) is -3.11. The van der Waals surface area contributed by atoms with E-state index in [2.05, 4.69) is 55.4 Å². The lowest BCUT2D eigenvalue weighted by molar-refractivity contribution is -0.0392. The summed E-state index contributed by atoms with van der Waals surface area (Å²) >= 11 is 0. The molecule has 1 aromatic carbocycles. The quantitative estimate of drug-likeness (QED) is 0.333. The zero-order valence-electron chi connectivity index (χ0n) is 20.4. The lowest BCUT2D eigenvalue weighted by Gasteiger charge is -2.51. The van der Waals surface area contributed by atoms with Crippen LogP contribution in [0.5, 0.6) is 0 Å². The number of ether oxygens (including phenoxy) is 1. The topological polar surface area (TPSA) is 36.9 Å². The van der Waals surface area contributed by atoms with E-state index in [0.717, 1.165) is 6.07 Å². The fourth-order valence-corrected chi connectivity index (χ4v) is 16.4. The molecule has 0 amide bonds. The fourth-order valence-electron chi connectivity index (χ4n) is 5.13. The van der Waals surface area contributed by atoms with Gasteiger partial charge in [-0.25, -0.2) is 13.2 Å². The molecule has 0 aliphatic carbocycles. The molecule has 182 valence electrons. The summed E-state index contributed by atoms with van der Waals surface area (Å²) in [6, 6.07) is 1.47. The third kappa shape index (κ3) is 4.48. The molecule has 0 bridgehead atoms. The summed E-state index contributed by atoms with van der Waals surface area (Å²) in [5, 5.41) is 0. The Labute approximate surface area is 192 Å². The molecule has 0 aromatic heterocycles. The molecular weight excluding hydrogens is 453 g/mol. The molecule has 0 spiro atoms. The van der Waals surface area contributed by atoms with Crippen molar-refractivity contribution in [1.29, 1.82) is 0 Å². The molecule has 2 aliphatic heterocycles. The Morgan fingerprint density at radius 2 is 1.28 bits per heavy atom. The molecule has 2 fully saturated rings. The van der Waals surface area contributed by atoms with Gasteiger partial charge in [-0.2, -0.15) is 0 Å². The van der Waals surface area contributed by atoms with Crippen LogP contribution in [0, 0.1) is 17.5 Å². The van der Waals surface area contributed by atoms with E-state index in [9.17, 15) is 13.2 Å². The lowest BCUT2D eigenvalue weighted by Crippen LogP contribution is -2.65. The largest absolute Gasteiger partial charge is 0.414 e. The zero-order chi connectivity index (χ0) is 24.0. The van der Waals surface area contributed by atoms with Crippen LogP contribution in [0.15, 0.2) is 12.1 Å². The molecule has 2 heterocycles. The van der Waals surface area contributed by atoms with E-state index in [1.165, 1.54) is 0 Å². The molecule has 0 radical (unpaired) electrons.